The summed E-state index contributed by atoms with van der Waals surface area (Å²) in [7, 11) is 0. The summed E-state index contributed by atoms with van der Waals surface area (Å²) in [4.78, 5) is 0. The second-order valence-electron chi connectivity index (χ2n) is 5.67. The van der Waals surface area contributed by atoms with Crippen LogP contribution in [0.4, 0.5) is 0 Å². The van der Waals surface area contributed by atoms with Crippen LogP contribution in [0, 0.1) is 0 Å². The number of rotatable bonds is 3. The second kappa shape index (κ2) is 7.81. The predicted octanol–water partition coefficient (Wildman–Crippen LogP) is -1.43. The summed E-state index contributed by atoms with van der Waals surface area (Å²) in [6.07, 6.45) is 4.51. The number of hydrogen-bond donors (Lipinski definition) is 0. The standard InChI is InChI=1S/C18H17O.2ClH.Ti/c1-18(2,19)17-10-6-5-9-16(17)15-12-11-13-7-3-4-8-14(13)15;;;/h3-12,15H,1-2H3;2*1H;/q-1;;;+3/p-2. The van der Waals surface area contributed by atoms with Gasteiger partial charge in [-0.2, -0.15) is 0 Å². The van der Waals surface area contributed by atoms with Crippen LogP contribution in [0.25, 0.3) is 6.08 Å². The Hall–Kier alpha value is -0.566. The summed E-state index contributed by atoms with van der Waals surface area (Å²) >= 11 is 1.77. The van der Waals surface area contributed by atoms with Gasteiger partial charge in [-0.05, 0) is 0 Å². The first kappa shape index (κ1) is 19.5. The van der Waals surface area contributed by atoms with Gasteiger partial charge in [0.05, 0.1) is 0 Å². The molecule has 3 rings (SSSR count). The molecule has 1 aliphatic carbocycles. The van der Waals surface area contributed by atoms with Gasteiger partial charge >= 0.3 is 132 Å². The monoisotopic (exact) mass is 367 g/mol. The number of allylic oxidation sites excluding steroid dienone is 1. The van der Waals surface area contributed by atoms with E-state index < -0.39 is 0 Å². The van der Waals surface area contributed by atoms with Crippen LogP contribution < -0.4 is 24.8 Å². The minimum Gasteiger partial charge on any atom is -1.00 e. The Morgan fingerprint density at radius 2 is 1.50 bits per heavy atom. The molecule has 0 radical (unpaired) electrons. The molecular weight excluding hydrogens is 351 g/mol. The molecule has 0 heterocycles. The molecule has 1 unspecified atom stereocenters. The maximum atomic E-state index is 5.69. The van der Waals surface area contributed by atoms with Crippen molar-refractivity contribution in [3.05, 3.63) is 76.9 Å². The molecule has 0 N–H and O–H groups in total. The molecule has 1 nitrogen and oxygen atoms in total. The molecule has 0 saturated carbocycles. The largest absolute Gasteiger partial charge is 1.00 e. The van der Waals surface area contributed by atoms with Crippen molar-refractivity contribution in [2.45, 2.75) is 25.4 Å². The molecule has 4 heteroatoms. The van der Waals surface area contributed by atoms with Crippen molar-refractivity contribution in [2.75, 3.05) is 0 Å². The number of benzene rings is 2. The first-order valence-electron chi connectivity index (χ1n) is 6.85. The molecule has 0 amide bonds. The molecular formula is C18H17Cl2OTi. The van der Waals surface area contributed by atoms with Crippen LogP contribution in [0.5, 0.6) is 0 Å². The smallest absolute Gasteiger partial charge is 1.00 e. The fourth-order valence-corrected chi connectivity index (χ4v) is 3.06. The number of fused-ring (bicyclic) bond motifs is 1. The first-order chi connectivity index (χ1) is 9.63. The van der Waals surface area contributed by atoms with E-state index >= 15 is 0 Å². The molecule has 0 saturated heterocycles. The van der Waals surface area contributed by atoms with Gasteiger partial charge in [0, 0.05) is 0 Å². The third-order valence-corrected chi connectivity index (χ3v) is 4.80. The summed E-state index contributed by atoms with van der Waals surface area (Å²) in [5, 5.41) is 0. The first-order valence-corrected chi connectivity index (χ1v) is 7.48. The van der Waals surface area contributed by atoms with Crippen molar-refractivity contribution >= 4 is 6.08 Å². The van der Waals surface area contributed by atoms with Crippen LogP contribution in [0.3, 0.4) is 0 Å². The van der Waals surface area contributed by atoms with Gasteiger partial charge < -0.3 is 24.8 Å². The Labute approximate surface area is 156 Å². The van der Waals surface area contributed by atoms with E-state index in [0.717, 1.165) is 0 Å². The van der Waals surface area contributed by atoms with Crippen LogP contribution in [0.2, 0.25) is 0 Å². The third kappa shape index (κ3) is 3.50. The van der Waals surface area contributed by atoms with Crippen LogP contribution in [0.1, 0.15) is 42.0 Å². The van der Waals surface area contributed by atoms with Crippen molar-refractivity contribution in [1.29, 1.82) is 0 Å². The van der Waals surface area contributed by atoms with E-state index in [1.165, 1.54) is 22.3 Å². The average Bonchev–Trinajstić information content (AvgIpc) is 2.91. The average molecular weight is 368 g/mol. The van der Waals surface area contributed by atoms with Crippen molar-refractivity contribution < 1.29 is 49.0 Å². The van der Waals surface area contributed by atoms with Gasteiger partial charge in [-0.3, -0.25) is 0 Å². The Bertz CT molecular complexity index is 668. The predicted molar refractivity (Wildman–Crippen MR) is 77.9 cm³/mol. The van der Waals surface area contributed by atoms with E-state index in [1.807, 2.05) is 0 Å². The van der Waals surface area contributed by atoms with Gasteiger partial charge in [-0.25, -0.2) is 0 Å². The van der Waals surface area contributed by atoms with E-state index in [2.05, 4.69) is 74.5 Å². The van der Waals surface area contributed by atoms with Crippen molar-refractivity contribution in [2.24, 2.45) is 0 Å². The summed E-state index contributed by atoms with van der Waals surface area (Å²) in [5.41, 5.74) is 5.02. The number of hydrogen-bond acceptors (Lipinski definition) is 1. The van der Waals surface area contributed by atoms with Gasteiger partial charge in [0.2, 0.25) is 0 Å². The van der Waals surface area contributed by atoms with E-state index in [1.54, 1.807) is 20.8 Å². The summed E-state index contributed by atoms with van der Waals surface area (Å²) < 4.78 is 5.69. The van der Waals surface area contributed by atoms with Crippen LogP contribution in [-0.2, 0) is 29.7 Å². The fourth-order valence-electron chi connectivity index (χ4n) is 2.89. The molecule has 1 atom stereocenters. The zero-order valence-electron chi connectivity index (χ0n) is 12.5. The van der Waals surface area contributed by atoms with E-state index in [9.17, 15) is 0 Å². The van der Waals surface area contributed by atoms with Crippen LogP contribution >= 0.6 is 0 Å². The SMILES string of the molecule is CC(C)([O][Ti+2])c1ccccc1C1C=Cc2ccccc21.[Cl-].[Cl-]. The Morgan fingerprint density at radius 1 is 0.909 bits per heavy atom. The topological polar surface area (TPSA) is 9.23 Å². The molecule has 2 aromatic carbocycles. The maximum Gasteiger partial charge on any atom is -1.00 e. The normalized spacial score (nSPS) is 15.7. The van der Waals surface area contributed by atoms with E-state index in [4.69, 9.17) is 3.32 Å². The minimum atomic E-state index is -0.276. The fraction of sp³-hybridized carbons (Fsp3) is 0.222. The Balaban J connectivity index is 0.00000121. The molecule has 0 aromatic heterocycles. The van der Waals surface area contributed by atoms with E-state index in [-0.39, 0.29) is 30.4 Å². The van der Waals surface area contributed by atoms with Gasteiger partial charge in [-0.1, -0.05) is 0 Å². The Morgan fingerprint density at radius 3 is 2.18 bits per heavy atom. The molecule has 0 aliphatic heterocycles. The second-order valence-corrected chi connectivity index (χ2v) is 5.98. The quantitative estimate of drug-likeness (QED) is 0.604. The van der Waals surface area contributed by atoms with Crippen molar-refractivity contribution in [3.63, 3.8) is 0 Å². The van der Waals surface area contributed by atoms with Gasteiger partial charge in [0.25, 0.3) is 0 Å². The summed E-state index contributed by atoms with van der Waals surface area (Å²) in [6, 6.07) is 17.2. The van der Waals surface area contributed by atoms with E-state index in [0.29, 0.717) is 5.92 Å². The molecule has 0 spiro atoms. The van der Waals surface area contributed by atoms with Crippen LogP contribution in [-0.4, -0.2) is 0 Å². The summed E-state index contributed by atoms with van der Waals surface area (Å²) in [6.45, 7) is 4.24. The molecule has 113 valence electrons. The number of halogens is 2. The molecule has 0 bridgehead atoms. The van der Waals surface area contributed by atoms with Gasteiger partial charge in [0.15, 0.2) is 0 Å². The molecule has 22 heavy (non-hydrogen) atoms. The Kier molecular flexibility index (Phi) is 6.92. The zero-order chi connectivity index (χ0) is 14.2. The molecule has 2 aromatic rings. The third-order valence-electron chi connectivity index (χ3n) is 4.00. The molecule has 0 fully saturated rings. The summed E-state index contributed by atoms with van der Waals surface area (Å²) in [5.74, 6) is 0.330. The van der Waals surface area contributed by atoms with Gasteiger partial charge in [0.1, 0.15) is 0 Å². The maximum absolute atomic E-state index is 5.69. The zero-order valence-corrected chi connectivity index (χ0v) is 15.6. The van der Waals surface area contributed by atoms with Gasteiger partial charge in [-0.15, -0.1) is 0 Å². The van der Waals surface area contributed by atoms with Crippen molar-refractivity contribution in [1.82, 2.24) is 0 Å². The van der Waals surface area contributed by atoms with Crippen molar-refractivity contribution in [3.8, 4) is 0 Å². The minimum absolute atomic E-state index is 0. The molecule has 1 aliphatic rings. The van der Waals surface area contributed by atoms with Crippen LogP contribution in [0.15, 0.2) is 54.6 Å².